The van der Waals surface area contributed by atoms with Crippen LogP contribution >= 0.6 is 0 Å². The number of hydrogen-bond acceptors (Lipinski definition) is 5. The van der Waals surface area contributed by atoms with Crippen molar-refractivity contribution in [1.82, 2.24) is 0 Å². The van der Waals surface area contributed by atoms with E-state index in [0.717, 1.165) is 11.0 Å². The quantitative estimate of drug-likeness (QED) is 0.356. The van der Waals surface area contributed by atoms with Crippen molar-refractivity contribution in [2.45, 2.75) is 0 Å². The van der Waals surface area contributed by atoms with Crippen molar-refractivity contribution in [3.63, 3.8) is 0 Å². The molecule has 0 aromatic heterocycles. The molecule has 21 heavy (non-hydrogen) atoms. The smallest absolute Gasteiger partial charge is 0.342 e. The molecule has 0 bridgehead atoms. The molecule has 0 amide bonds. The van der Waals surface area contributed by atoms with Crippen LogP contribution in [-0.2, 0) is 16.1 Å². The summed E-state index contributed by atoms with van der Waals surface area (Å²) in [5.41, 5.74) is 0.212. The number of phenols is 1. The maximum Gasteiger partial charge on any atom is 0.342 e. The Morgan fingerprint density at radius 3 is 2.24 bits per heavy atom. The van der Waals surface area contributed by atoms with Gasteiger partial charge in [-0.25, -0.2) is 9.00 Å². The van der Waals surface area contributed by atoms with Gasteiger partial charge in [0.2, 0.25) is 0 Å². The first-order chi connectivity index (χ1) is 9.13. The van der Waals surface area contributed by atoms with Crippen LogP contribution in [-0.4, -0.2) is 82.0 Å². The van der Waals surface area contributed by atoms with Crippen LogP contribution in [0.2, 0.25) is 0 Å². The fourth-order valence-corrected chi connectivity index (χ4v) is 1.14. The van der Waals surface area contributed by atoms with Crippen LogP contribution in [0, 0.1) is 0 Å². The van der Waals surface area contributed by atoms with Gasteiger partial charge in [0.05, 0.1) is 32.5 Å². The van der Waals surface area contributed by atoms with Crippen LogP contribution in [0.5, 0.6) is 5.75 Å². The third kappa shape index (κ3) is 12.6. The number of benzene rings is 1. The Morgan fingerprint density at radius 2 is 1.81 bits per heavy atom. The molecule has 9 heteroatoms. The van der Waals surface area contributed by atoms with Crippen LogP contribution in [0.3, 0.4) is 0 Å². The second kappa shape index (κ2) is 10.8. The monoisotopic (exact) mass is 312 g/mol. The van der Waals surface area contributed by atoms with Crippen LogP contribution in [0.25, 0.3) is 0 Å². The topological polar surface area (TPSA) is 107 Å². The van der Waals surface area contributed by atoms with Crippen molar-refractivity contribution in [2.75, 3.05) is 34.3 Å². The zero-order valence-corrected chi connectivity index (χ0v) is 13.4. The first-order valence-electron chi connectivity index (χ1n) is 5.67. The second-order valence-electron chi connectivity index (χ2n) is 4.88. The molecule has 1 rings (SSSR count). The maximum absolute atomic E-state index is 11.6. The van der Waals surface area contributed by atoms with E-state index >= 15 is 0 Å². The minimum Gasteiger partial charge on any atom is -0.750 e. The van der Waals surface area contributed by atoms with Crippen molar-refractivity contribution in [3.05, 3.63) is 29.8 Å². The summed E-state index contributed by atoms with van der Waals surface area (Å²) in [5.74, 6) is -0.524. The van der Waals surface area contributed by atoms with Gasteiger partial charge in [-0.3, -0.25) is 0 Å². The summed E-state index contributed by atoms with van der Waals surface area (Å²) < 4.78 is 29.9. The Bertz CT molecular complexity index is 459. The number of phenolic OH excluding ortho intramolecular Hbond substituents is 1. The van der Waals surface area contributed by atoms with E-state index in [1.807, 2.05) is 21.1 Å². The molecule has 2 N–H and O–H groups in total. The molecule has 0 aliphatic carbocycles. The van der Waals surface area contributed by atoms with E-state index in [9.17, 15) is 9.90 Å². The Balaban J connectivity index is 0. The third-order valence-corrected chi connectivity index (χ3v) is 2.12. The summed E-state index contributed by atoms with van der Waals surface area (Å²) in [6.45, 7) is 1.08. The van der Waals surface area contributed by atoms with Crippen LogP contribution in [0.15, 0.2) is 24.3 Å². The van der Waals surface area contributed by atoms with E-state index < -0.39 is 17.3 Å². The van der Waals surface area contributed by atoms with Gasteiger partial charge in [0.25, 0.3) is 0 Å². The molecule has 0 spiro atoms. The summed E-state index contributed by atoms with van der Waals surface area (Å²) in [4.78, 5) is 11.6. The molecule has 0 fully saturated rings. The van der Waals surface area contributed by atoms with Crippen LogP contribution < -0.4 is 0 Å². The number of ether oxygens (including phenoxy) is 1. The molecule has 0 heterocycles. The minimum atomic E-state index is -2.86. The SMILES string of the molecule is C[N+](C)(C)CCOC(=O)c1ccccc1O.O=S([O-])O.[Li]. The second-order valence-corrected chi connectivity index (χ2v) is 5.32. The van der Waals surface area contributed by atoms with E-state index in [4.69, 9.17) is 18.1 Å². The van der Waals surface area contributed by atoms with Gasteiger partial charge in [-0.2, -0.15) is 0 Å². The molecule has 1 aromatic carbocycles. The van der Waals surface area contributed by atoms with E-state index in [1.165, 1.54) is 6.07 Å². The van der Waals surface area contributed by atoms with Gasteiger partial charge in [-0.1, -0.05) is 12.1 Å². The first-order valence-corrected chi connectivity index (χ1v) is 6.70. The summed E-state index contributed by atoms with van der Waals surface area (Å²) in [7, 11) is 6.06. The largest absolute Gasteiger partial charge is 0.750 e. The number of carbonyl (C=O) groups is 1. The molecular weight excluding hydrogens is 293 g/mol. The molecule has 1 atom stereocenters. The predicted octanol–water partition coefficient (Wildman–Crippen LogP) is 0.213. The Hall–Kier alpha value is -0.883. The number of rotatable bonds is 4. The van der Waals surface area contributed by atoms with Crippen molar-refractivity contribution in [2.24, 2.45) is 0 Å². The number of likely N-dealkylation sites (N-methyl/N-ethyl adjacent to an activating group) is 1. The van der Waals surface area contributed by atoms with Crippen LogP contribution in [0.4, 0.5) is 0 Å². The van der Waals surface area contributed by atoms with Gasteiger partial charge in [-0.05, 0) is 12.1 Å². The summed E-state index contributed by atoms with van der Waals surface area (Å²) in [5, 5.41) is 9.44. The number of quaternary nitrogens is 1. The number of para-hydroxylation sites is 1. The number of carbonyl (C=O) groups excluding carboxylic acids is 1. The molecular formula is C12H19LiNO6S. The Labute approximate surface area is 138 Å². The number of nitrogens with zero attached hydrogens (tertiary/aromatic N) is 1. The Kier molecular flexibility index (Phi) is 11.5. The number of esters is 1. The van der Waals surface area contributed by atoms with Crippen molar-refractivity contribution >= 4 is 36.2 Å². The van der Waals surface area contributed by atoms with Gasteiger partial charge < -0.3 is 23.4 Å². The van der Waals surface area contributed by atoms with E-state index in [0.29, 0.717) is 6.61 Å². The zero-order chi connectivity index (χ0) is 15.8. The maximum atomic E-state index is 11.6. The summed E-state index contributed by atoms with van der Waals surface area (Å²) in [6, 6.07) is 6.37. The molecule has 0 saturated heterocycles. The molecule has 7 nitrogen and oxygen atoms in total. The van der Waals surface area contributed by atoms with E-state index in [1.54, 1.807) is 18.2 Å². The number of hydrogen-bond donors (Lipinski definition) is 2. The average molecular weight is 312 g/mol. The fraction of sp³-hybridized carbons (Fsp3) is 0.417. The van der Waals surface area contributed by atoms with Gasteiger partial charge in [0.1, 0.15) is 24.5 Å². The first kappa shape index (κ1) is 22.4. The molecule has 115 valence electrons. The van der Waals surface area contributed by atoms with Crippen molar-refractivity contribution in [3.8, 4) is 5.75 Å². The predicted molar refractivity (Wildman–Crippen MR) is 78.6 cm³/mol. The van der Waals surface area contributed by atoms with E-state index in [-0.39, 0.29) is 30.2 Å². The van der Waals surface area contributed by atoms with E-state index in [2.05, 4.69) is 0 Å². The summed E-state index contributed by atoms with van der Waals surface area (Å²) >= 11 is -2.86. The minimum absolute atomic E-state index is 0. The van der Waals surface area contributed by atoms with Gasteiger partial charge in [-0.15, -0.1) is 0 Å². The molecule has 0 aliphatic heterocycles. The normalized spacial score (nSPS) is 11.5. The molecule has 1 aromatic rings. The Morgan fingerprint density at radius 1 is 1.33 bits per heavy atom. The third-order valence-electron chi connectivity index (χ3n) is 2.12. The standard InChI is InChI=1S/C12H17NO3.Li.H2O3S/c1-13(2,3)8-9-16-12(15)10-6-4-5-7-11(10)14;;1-4(2)3/h4-7H,8-9H2,1-3H3;;(H2,1,2,3). The zero-order valence-electron chi connectivity index (χ0n) is 12.6. The van der Waals surface area contributed by atoms with Gasteiger partial charge in [0.15, 0.2) is 0 Å². The summed E-state index contributed by atoms with van der Waals surface area (Å²) in [6.07, 6.45) is 0. The molecule has 1 radical (unpaired) electrons. The fourth-order valence-electron chi connectivity index (χ4n) is 1.14. The molecule has 0 aliphatic rings. The van der Waals surface area contributed by atoms with Crippen molar-refractivity contribution in [1.29, 1.82) is 0 Å². The van der Waals surface area contributed by atoms with Crippen LogP contribution in [0.1, 0.15) is 10.4 Å². The molecule has 1 unspecified atom stereocenters. The average Bonchev–Trinajstić information content (AvgIpc) is 2.26. The molecule has 0 saturated carbocycles. The van der Waals surface area contributed by atoms with Gasteiger partial charge >= 0.3 is 5.97 Å². The number of aromatic hydroxyl groups is 1. The van der Waals surface area contributed by atoms with Crippen molar-refractivity contribution < 1.29 is 32.4 Å². The van der Waals surface area contributed by atoms with Gasteiger partial charge in [0, 0.05) is 18.9 Å².